The maximum Gasteiger partial charge on any atom is 0.333 e. The van der Waals surface area contributed by atoms with E-state index in [-0.39, 0.29) is 78.3 Å². The molecule has 6 aliphatic rings. The van der Waals surface area contributed by atoms with Crippen LogP contribution in [0.4, 0.5) is 22.5 Å². The number of nitrogens with zero attached hydrogens (tertiary/aromatic N) is 9. The highest BCUT2D eigenvalue weighted by Gasteiger charge is 2.40. The van der Waals surface area contributed by atoms with E-state index in [0.717, 1.165) is 63.5 Å². The SMILES string of the molecule is CN1Cc2cc(Cl)ccc2C1c1csc(C(=O)c2cncnc2N[C@@H]2C[C@H](COS(N)(=O)=O)[C@@H](O)C2)c1.NS(=O)(=O)OC[C@H]1C[C@@H](Nc2ncncc2C(=O)c2cc(C3OCCc4cnc(Cl)cc43)c(Cl)s2)C[C@@H]1O.[C-]#[N+]c1sc(C(=O)c2cncnc2N[C@@H]2C[C@H](COS(N)(=O)=O)[C@@H](O)C2)cc1C1OCCc2ccccc21. The van der Waals surface area contributed by atoms with Gasteiger partial charge in [0.05, 0.1) is 106 Å². The lowest BCUT2D eigenvalue weighted by Gasteiger charge is -2.26. The van der Waals surface area contributed by atoms with E-state index in [2.05, 4.69) is 73.1 Å². The van der Waals surface area contributed by atoms with Crippen LogP contribution in [0.3, 0.4) is 0 Å². The highest BCUT2D eigenvalue weighted by molar-refractivity contribution is 7.84. The maximum atomic E-state index is 13.6. The minimum absolute atomic E-state index is 0.0335. The largest absolute Gasteiger partial charge is 0.393 e. The van der Waals surface area contributed by atoms with E-state index >= 15 is 0 Å². The number of hydrogen-bond donors (Lipinski definition) is 9. The van der Waals surface area contributed by atoms with Crippen LogP contribution in [0.2, 0.25) is 14.5 Å². The standard InChI is InChI=1S/C25H25N5O6S2.C24H26ClN5O5S2.C23H23Cl2N5O6S2/c1-27-25-18(23-17-5-3-2-4-14(17)6-7-35-23)10-21(37-25)22(32)19-11-28-13-29-24(19)30-16-8-15(20(31)9-16)12-36-38(26,33)34;1-30-9-13-4-16(25)2-3-18(13)22(30)15-6-21(36-11-15)23(32)19-8-27-12-28-24(19)29-17-5-14(20(31)7-17)10-35-37(26,33)34;24-19-6-14-11(7-28-19)1-2-35-21(14)15-5-18(37-22(15)25)20(32)16-8-27-10-29-23(16)30-13-3-12(17(31)4-13)9-36-38(26,33)34/h2-5,10-11,13,15-16,20,23,31H,6-9,12H2,(H2,26,33,34)(H,28,29,30);2-4,6,8,11-12,14,17,20,22,31H,5,7,9-10H2,1H3,(H2,26,33,34)(H,27,28,29);5-8,10,12-13,17,21,31H,1-4,9H2,(H2,26,33,34)(H,27,29,30)/t15-,16-,20+,23?;14-,17-,20+,22?;12-,13-,17+,21?/m111/s1. The summed E-state index contributed by atoms with van der Waals surface area (Å²) in [5, 5.41) is 58.7. The number of ketones is 3. The van der Waals surface area contributed by atoms with Gasteiger partial charge in [0, 0.05) is 83.4 Å². The fourth-order valence-electron chi connectivity index (χ4n) is 14.8. The lowest BCUT2D eigenvalue weighted by Crippen LogP contribution is -2.24. The van der Waals surface area contributed by atoms with E-state index in [1.54, 1.807) is 24.4 Å². The van der Waals surface area contributed by atoms with Crippen molar-refractivity contribution < 1.29 is 77.0 Å². The second-order valence-corrected chi connectivity index (χ2v) is 35.8. The molecule has 3 saturated carbocycles. The van der Waals surface area contributed by atoms with Gasteiger partial charge in [-0.3, -0.25) is 31.8 Å². The summed E-state index contributed by atoms with van der Waals surface area (Å²) >= 11 is 22.5. The van der Waals surface area contributed by atoms with E-state index in [9.17, 15) is 55.0 Å². The van der Waals surface area contributed by atoms with Crippen LogP contribution in [0.5, 0.6) is 0 Å². The number of hydrogen-bond acceptors (Lipinski definition) is 31. The zero-order valence-electron chi connectivity index (χ0n) is 59.7. The Bertz CT molecular complexity index is 5450. The zero-order chi connectivity index (χ0) is 80.2. The van der Waals surface area contributed by atoms with Crippen LogP contribution in [0.1, 0.15) is 153 Å². The number of ether oxygens (including phenoxy) is 2. The first-order valence-electron chi connectivity index (χ1n) is 35.1. The number of halogens is 3. The molecular formula is C72H74Cl3N15O17S6. The van der Waals surface area contributed by atoms with Crippen molar-refractivity contribution in [3.8, 4) is 0 Å². The third-order valence-electron chi connectivity index (χ3n) is 20.1. The summed E-state index contributed by atoms with van der Waals surface area (Å²) in [6, 6.07) is 20.1. The first kappa shape index (κ1) is 83.0. The maximum absolute atomic E-state index is 13.6. The van der Waals surface area contributed by atoms with Gasteiger partial charge in [0.25, 0.3) is 0 Å². The molecule has 0 bridgehead atoms. The molecule has 41 heteroatoms. The number of benzene rings is 2. The fraction of sp³-hybridized carbons (Fsp3) is 0.375. The molecule has 12 atom stereocenters. The van der Waals surface area contributed by atoms with Crippen molar-refractivity contribution in [2.45, 2.75) is 113 Å². The molecule has 7 aromatic heterocycles. The van der Waals surface area contributed by atoms with Gasteiger partial charge in [-0.15, -0.1) is 34.0 Å². The summed E-state index contributed by atoms with van der Waals surface area (Å²) in [7, 11) is -10.3. The van der Waals surface area contributed by atoms with Crippen LogP contribution in [0.15, 0.2) is 116 Å². The van der Waals surface area contributed by atoms with Gasteiger partial charge in [0.1, 0.15) is 47.7 Å². The number of fused-ring (bicyclic) bond motifs is 3. The van der Waals surface area contributed by atoms with Crippen molar-refractivity contribution in [2.24, 2.45) is 33.2 Å². The predicted octanol–water partition coefficient (Wildman–Crippen LogP) is 8.39. The molecule has 596 valence electrons. The van der Waals surface area contributed by atoms with E-state index in [1.165, 1.54) is 60.0 Å². The molecule has 3 unspecified atom stereocenters. The third kappa shape index (κ3) is 20.3. The molecule has 3 aliphatic heterocycles. The van der Waals surface area contributed by atoms with Crippen molar-refractivity contribution in [1.29, 1.82) is 0 Å². The summed E-state index contributed by atoms with van der Waals surface area (Å²) < 4.78 is 93.0. The Morgan fingerprint density at radius 3 is 1.56 bits per heavy atom. The van der Waals surface area contributed by atoms with Gasteiger partial charge in [-0.05, 0) is 139 Å². The lowest BCUT2D eigenvalue weighted by molar-refractivity contribution is 0.0699. The van der Waals surface area contributed by atoms with Crippen molar-refractivity contribution in [2.75, 3.05) is 56.0 Å². The van der Waals surface area contributed by atoms with Gasteiger partial charge in [0.2, 0.25) is 22.4 Å². The molecule has 0 radical (unpaired) electrons. The summed E-state index contributed by atoms with van der Waals surface area (Å²) in [5.74, 6) is -1.26. The zero-order valence-corrected chi connectivity index (χ0v) is 66.9. The number of pyridine rings is 1. The number of carbonyl (C=O) groups is 3. The van der Waals surface area contributed by atoms with Crippen molar-refractivity contribution in [3.63, 3.8) is 0 Å². The Morgan fingerprint density at radius 2 is 1.04 bits per heavy atom. The van der Waals surface area contributed by atoms with E-state index in [4.69, 9.17) is 66.3 Å². The van der Waals surface area contributed by atoms with E-state index in [1.807, 2.05) is 61.0 Å². The molecule has 3 aliphatic carbocycles. The molecule has 15 rings (SSSR count). The molecule has 10 heterocycles. The monoisotopic (exact) mass is 1720 g/mol. The summed E-state index contributed by atoms with van der Waals surface area (Å²) in [5.41, 5.74) is 9.49. The highest BCUT2D eigenvalue weighted by atomic mass is 35.5. The third-order valence-corrected chi connectivity index (χ3v) is 25.3. The quantitative estimate of drug-likeness (QED) is 0.0156. The molecule has 0 spiro atoms. The van der Waals surface area contributed by atoms with Gasteiger partial charge >= 0.3 is 30.9 Å². The Kier molecular flexibility index (Phi) is 26.2. The van der Waals surface area contributed by atoms with Crippen molar-refractivity contribution in [3.05, 3.63) is 223 Å². The van der Waals surface area contributed by atoms with Crippen LogP contribution in [0.25, 0.3) is 4.85 Å². The first-order chi connectivity index (χ1) is 53.9. The smallest absolute Gasteiger partial charge is 0.333 e. The number of anilines is 3. The number of aromatic nitrogens is 7. The Hall–Kier alpha value is -7.93. The summed E-state index contributed by atoms with van der Waals surface area (Å²) in [6.07, 6.45) is 10.3. The molecule has 3 fully saturated rings. The molecule has 32 nitrogen and oxygen atoms in total. The Balaban J connectivity index is 0.000000148. The second kappa shape index (κ2) is 35.7. The minimum Gasteiger partial charge on any atom is -0.393 e. The number of aliphatic hydroxyl groups is 3. The van der Waals surface area contributed by atoms with Gasteiger partial charge in [-0.25, -0.2) is 55.1 Å². The molecule has 9 aromatic rings. The van der Waals surface area contributed by atoms with E-state index < -0.39 is 79.2 Å². The minimum atomic E-state index is -4.11. The number of thiophene rings is 3. The topological polar surface area (TPSA) is 472 Å². The van der Waals surface area contributed by atoms with Crippen LogP contribution in [-0.4, -0.2) is 174 Å². The molecule has 0 saturated heterocycles. The molecule has 0 amide bonds. The molecule has 12 N–H and O–H groups in total. The average Bonchev–Trinajstić information content (AvgIpc) is 1.67. The van der Waals surface area contributed by atoms with Crippen molar-refractivity contribution >= 4 is 140 Å². The summed E-state index contributed by atoms with van der Waals surface area (Å²) in [6.45, 7) is 8.79. The van der Waals surface area contributed by atoms with Crippen LogP contribution in [-0.2, 0) is 72.3 Å². The van der Waals surface area contributed by atoms with Gasteiger partial charge in [-0.2, -0.15) is 25.3 Å². The fourth-order valence-corrected chi connectivity index (χ4v) is 19.4. The second-order valence-electron chi connectivity index (χ2n) is 27.7. The van der Waals surface area contributed by atoms with Crippen LogP contribution >= 0.6 is 68.8 Å². The van der Waals surface area contributed by atoms with Gasteiger partial charge < -0.3 is 40.7 Å². The van der Waals surface area contributed by atoms with E-state index in [0.29, 0.717) is 121 Å². The first-order valence-corrected chi connectivity index (χ1v) is 43.2. The normalized spacial score (nSPS) is 23.3. The highest BCUT2D eigenvalue weighted by Crippen LogP contribution is 2.46. The Labute approximate surface area is 676 Å². The molecule has 113 heavy (non-hydrogen) atoms. The molecule has 2 aromatic carbocycles. The van der Waals surface area contributed by atoms with Gasteiger partial charge in [0.15, 0.2) is 0 Å². The summed E-state index contributed by atoms with van der Waals surface area (Å²) in [4.78, 5) is 76.8. The number of nitrogens with one attached hydrogen (secondary N) is 3. The van der Waals surface area contributed by atoms with Crippen LogP contribution < -0.4 is 31.4 Å². The van der Waals surface area contributed by atoms with Gasteiger partial charge in [-0.1, -0.05) is 65.1 Å². The Morgan fingerprint density at radius 1 is 0.566 bits per heavy atom. The van der Waals surface area contributed by atoms with Crippen molar-refractivity contribution in [1.82, 2.24) is 39.8 Å². The van der Waals surface area contributed by atoms with Crippen LogP contribution in [0, 0.1) is 24.3 Å². The predicted molar refractivity (Wildman–Crippen MR) is 420 cm³/mol. The lowest BCUT2D eigenvalue weighted by atomic mass is 9.93. The number of aliphatic hydroxyl groups excluding tert-OH is 3. The number of carbonyl (C=O) groups excluding carboxylic acids is 3. The number of nitrogens with two attached hydrogens (primary N) is 3. The molecular weight excluding hydrogens is 1650 g/mol. The number of rotatable bonds is 24. The average molecular weight is 1720 g/mol.